The molecule has 24 heavy (non-hydrogen) atoms. The average Bonchev–Trinajstić information content (AvgIpc) is 2.84. The predicted molar refractivity (Wildman–Crippen MR) is 96.7 cm³/mol. The van der Waals surface area contributed by atoms with Crippen LogP contribution >= 0.6 is 15.9 Å². The van der Waals surface area contributed by atoms with Crippen LogP contribution in [-0.4, -0.2) is 19.1 Å². The van der Waals surface area contributed by atoms with E-state index in [4.69, 9.17) is 9.47 Å². The highest BCUT2D eigenvalue weighted by atomic mass is 79.9. The second kappa shape index (κ2) is 7.71. The number of benzene rings is 2. The van der Waals surface area contributed by atoms with Gasteiger partial charge in [-0.15, -0.1) is 0 Å². The molecule has 0 aliphatic carbocycles. The van der Waals surface area contributed by atoms with Crippen LogP contribution in [0.1, 0.15) is 41.7 Å². The minimum atomic E-state index is -0.0820. The lowest BCUT2D eigenvalue weighted by Gasteiger charge is -2.19. The zero-order chi connectivity index (χ0) is 16.9. The van der Waals surface area contributed by atoms with Gasteiger partial charge in [0.2, 0.25) is 0 Å². The smallest absolute Gasteiger partial charge is 0.251 e. The summed E-state index contributed by atoms with van der Waals surface area (Å²) in [5.41, 5.74) is 1.67. The van der Waals surface area contributed by atoms with Gasteiger partial charge in [0.05, 0.1) is 19.3 Å². The monoisotopic (exact) mass is 389 g/mol. The molecule has 0 aromatic heterocycles. The summed E-state index contributed by atoms with van der Waals surface area (Å²) in [7, 11) is 0. The van der Waals surface area contributed by atoms with E-state index in [9.17, 15) is 4.79 Å². The summed E-state index contributed by atoms with van der Waals surface area (Å²) in [6.07, 6.45) is 1.67. The molecule has 2 aromatic rings. The standard InChI is InChI=1S/C19H20BrNO3/c1-2-16(21-19(22)13-4-7-15(20)8-5-13)14-6-9-17-18(12-14)24-11-3-10-23-17/h4-9,12,16H,2-3,10-11H2,1H3,(H,21,22)/t16-/m1/s1. The van der Waals surface area contributed by atoms with Gasteiger partial charge in [0.15, 0.2) is 11.5 Å². The van der Waals surface area contributed by atoms with Crippen LogP contribution in [-0.2, 0) is 0 Å². The first-order chi connectivity index (χ1) is 11.7. The van der Waals surface area contributed by atoms with Crippen LogP contribution in [0, 0.1) is 0 Å². The maximum Gasteiger partial charge on any atom is 0.251 e. The second-order valence-electron chi connectivity index (χ2n) is 5.70. The molecule has 0 unspecified atom stereocenters. The van der Waals surface area contributed by atoms with Crippen LogP contribution in [0.2, 0.25) is 0 Å². The van der Waals surface area contributed by atoms with Crippen LogP contribution in [0.15, 0.2) is 46.9 Å². The second-order valence-corrected chi connectivity index (χ2v) is 6.61. The third-order valence-corrected chi connectivity index (χ3v) is 4.52. The van der Waals surface area contributed by atoms with Crippen molar-refractivity contribution in [2.24, 2.45) is 0 Å². The predicted octanol–water partition coefficient (Wildman–Crippen LogP) is 4.49. The third kappa shape index (κ3) is 3.90. The van der Waals surface area contributed by atoms with E-state index in [2.05, 4.69) is 28.2 Å². The molecule has 126 valence electrons. The van der Waals surface area contributed by atoms with Crippen LogP contribution in [0.5, 0.6) is 11.5 Å². The fourth-order valence-electron chi connectivity index (χ4n) is 2.66. The number of ether oxygens (including phenoxy) is 2. The lowest BCUT2D eigenvalue weighted by molar-refractivity contribution is 0.0935. The first kappa shape index (κ1) is 16.8. The van der Waals surface area contributed by atoms with E-state index in [0.717, 1.165) is 34.4 Å². The van der Waals surface area contributed by atoms with Crippen molar-refractivity contribution in [1.82, 2.24) is 5.32 Å². The normalized spacial score (nSPS) is 14.6. The molecule has 0 spiro atoms. The summed E-state index contributed by atoms with van der Waals surface area (Å²) in [5, 5.41) is 3.09. The Morgan fingerprint density at radius 3 is 2.54 bits per heavy atom. The summed E-state index contributed by atoms with van der Waals surface area (Å²) in [6.45, 7) is 3.37. The van der Waals surface area contributed by atoms with Gasteiger partial charge in [-0.3, -0.25) is 4.79 Å². The number of hydrogen-bond donors (Lipinski definition) is 1. The average molecular weight is 390 g/mol. The Kier molecular flexibility index (Phi) is 5.41. The van der Waals surface area contributed by atoms with Crippen molar-refractivity contribution in [1.29, 1.82) is 0 Å². The van der Waals surface area contributed by atoms with E-state index >= 15 is 0 Å². The number of hydrogen-bond acceptors (Lipinski definition) is 3. The number of halogens is 1. The quantitative estimate of drug-likeness (QED) is 0.837. The van der Waals surface area contributed by atoms with E-state index in [0.29, 0.717) is 18.8 Å². The van der Waals surface area contributed by atoms with Crippen LogP contribution < -0.4 is 14.8 Å². The van der Waals surface area contributed by atoms with E-state index in [1.165, 1.54) is 0 Å². The number of carbonyl (C=O) groups is 1. The van der Waals surface area contributed by atoms with Crippen molar-refractivity contribution < 1.29 is 14.3 Å². The molecule has 4 nitrogen and oxygen atoms in total. The minimum absolute atomic E-state index is 0.0710. The van der Waals surface area contributed by atoms with Gasteiger partial charge in [-0.1, -0.05) is 28.9 Å². The van der Waals surface area contributed by atoms with Crippen molar-refractivity contribution in [3.05, 3.63) is 58.1 Å². The molecule has 1 atom stereocenters. The minimum Gasteiger partial charge on any atom is -0.490 e. The highest BCUT2D eigenvalue weighted by Crippen LogP contribution is 2.33. The highest BCUT2D eigenvalue weighted by molar-refractivity contribution is 9.10. The Morgan fingerprint density at radius 2 is 1.83 bits per heavy atom. The summed E-state index contributed by atoms with van der Waals surface area (Å²) in [5.74, 6) is 1.44. The molecule has 1 aliphatic heterocycles. The van der Waals surface area contributed by atoms with Gasteiger partial charge in [-0.25, -0.2) is 0 Å². The number of rotatable bonds is 4. The molecule has 0 bridgehead atoms. The Balaban J connectivity index is 1.77. The number of fused-ring (bicyclic) bond motifs is 1. The number of amides is 1. The van der Waals surface area contributed by atoms with Crippen molar-refractivity contribution in [3.63, 3.8) is 0 Å². The van der Waals surface area contributed by atoms with Crippen LogP contribution in [0.4, 0.5) is 0 Å². The van der Waals surface area contributed by atoms with Gasteiger partial charge in [-0.2, -0.15) is 0 Å². The van der Waals surface area contributed by atoms with E-state index < -0.39 is 0 Å². The lowest BCUT2D eigenvalue weighted by atomic mass is 10.0. The highest BCUT2D eigenvalue weighted by Gasteiger charge is 2.17. The number of nitrogens with one attached hydrogen (secondary N) is 1. The Morgan fingerprint density at radius 1 is 1.12 bits per heavy atom. The Hall–Kier alpha value is -2.01. The molecule has 0 saturated heterocycles. The van der Waals surface area contributed by atoms with Gasteiger partial charge in [0, 0.05) is 16.5 Å². The van der Waals surface area contributed by atoms with Crippen molar-refractivity contribution in [2.75, 3.05) is 13.2 Å². The molecule has 0 radical (unpaired) electrons. The molecule has 0 fully saturated rings. The lowest BCUT2D eigenvalue weighted by Crippen LogP contribution is -2.28. The summed E-state index contributed by atoms with van der Waals surface area (Å²) < 4.78 is 12.4. The maximum absolute atomic E-state index is 12.5. The maximum atomic E-state index is 12.5. The van der Waals surface area contributed by atoms with Crippen LogP contribution in [0.25, 0.3) is 0 Å². The van der Waals surface area contributed by atoms with E-state index in [1.807, 2.05) is 30.3 Å². The largest absolute Gasteiger partial charge is 0.490 e. The van der Waals surface area contributed by atoms with Gasteiger partial charge >= 0.3 is 0 Å². The number of carbonyl (C=O) groups excluding carboxylic acids is 1. The zero-order valence-corrected chi connectivity index (χ0v) is 15.1. The summed E-state index contributed by atoms with van der Waals surface area (Å²) in [4.78, 5) is 12.5. The molecular weight excluding hydrogens is 370 g/mol. The van der Waals surface area contributed by atoms with Crippen molar-refractivity contribution in [3.8, 4) is 11.5 Å². The molecular formula is C19H20BrNO3. The zero-order valence-electron chi connectivity index (χ0n) is 13.5. The molecule has 1 aliphatic rings. The Bertz CT molecular complexity index is 715. The molecule has 1 N–H and O–H groups in total. The Labute approximate surface area is 150 Å². The van der Waals surface area contributed by atoms with Gasteiger partial charge in [-0.05, 0) is 48.4 Å². The van der Waals surface area contributed by atoms with Gasteiger partial charge < -0.3 is 14.8 Å². The van der Waals surface area contributed by atoms with Crippen molar-refractivity contribution >= 4 is 21.8 Å². The van der Waals surface area contributed by atoms with E-state index in [-0.39, 0.29) is 11.9 Å². The molecule has 2 aromatic carbocycles. The fourth-order valence-corrected chi connectivity index (χ4v) is 2.92. The fraction of sp³-hybridized carbons (Fsp3) is 0.316. The molecule has 0 saturated carbocycles. The van der Waals surface area contributed by atoms with Gasteiger partial charge in [0.1, 0.15) is 0 Å². The third-order valence-electron chi connectivity index (χ3n) is 3.99. The molecule has 1 heterocycles. The first-order valence-corrected chi connectivity index (χ1v) is 8.92. The van der Waals surface area contributed by atoms with Gasteiger partial charge in [0.25, 0.3) is 5.91 Å². The first-order valence-electron chi connectivity index (χ1n) is 8.13. The summed E-state index contributed by atoms with van der Waals surface area (Å²) in [6, 6.07) is 13.1. The molecule has 5 heteroatoms. The van der Waals surface area contributed by atoms with Crippen LogP contribution in [0.3, 0.4) is 0 Å². The SMILES string of the molecule is CC[C@@H](NC(=O)c1ccc(Br)cc1)c1ccc2c(c1)OCCCO2. The topological polar surface area (TPSA) is 47.6 Å². The van der Waals surface area contributed by atoms with E-state index in [1.54, 1.807) is 12.1 Å². The summed E-state index contributed by atoms with van der Waals surface area (Å²) >= 11 is 3.38. The van der Waals surface area contributed by atoms with Crippen molar-refractivity contribution in [2.45, 2.75) is 25.8 Å². The molecule has 1 amide bonds. The molecule has 3 rings (SSSR count).